The SMILES string of the molecule is CN(CCCn1c(=O)oc2cc(CNC[C@H](O)c3ccc(O)c4[nH]c(=O)ccc34)ccc21)C1CCC(c2ccsc2C(O)(C(=O)O)c2cccs2)CC1.F. The van der Waals surface area contributed by atoms with E-state index in [9.17, 15) is 34.8 Å². The van der Waals surface area contributed by atoms with Crippen LogP contribution in [0.3, 0.4) is 0 Å². The van der Waals surface area contributed by atoms with E-state index in [0.717, 1.165) is 55.3 Å². The highest BCUT2D eigenvalue weighted by molar-refractivity contribution is 7.12. The molecule has 0 spiro atoms. The molecule has 1 unspecified atom stereocenters. The number of phenols is 1. The number of aromatic hydroxyl groups is 1. The maximum atomic E-state index is 12.8. The number of fused-ring (bicyclic) bond motifs is 2. The van der Waals surface area contributed by atoms with Crippen LogP contribution >= 0.6 is 22.7 Å². The Morgan fingerprint density at radius 2 is 1.87 bits per heavy atom. The predicted molar refractivity (Wildman–Crippen MR) is 207 cm³/mol. The molecule has 2 aromatic carbocycles. The molecule has 12 nitrogen and oxygen atoms in total. The Morgan fingerprint density at radius 1 is 1.07 bits per heavy atom. The fourth-order valence-electron chi connectivity index (χ4n) is 7.67. The molecule has 0 saturated heterocycles. The van der Waals surface area contributed by atoms with Gasteiger partial charge in [-0.2, -0.15) is 0 Å². The van der Waals surface area contributed by atoms with E-state index in [0.29, 0.717) is 45.4 Å². The van der Waals surface area contributed by atoms with Gasteiger partial charge in [0.2, 0.25) is 11.2 Å². The first-order valence-corrected chi connectivity index (χ1v) is 19.4. The summed E-state index contributed by atoms with van der Waals surface area (Å²) in [6, 6.07) is 17.4. The van der Waals surface area contributed by atoms with Crippen LogP contribution in [0.5, 0.6) is 5.75 Å². The number of benzene rings is 2. The van der Waals surface area contributed by atoms with Crippen LogP contribution in [0.25, 0.3) is 22.0 Å². The molecule has 7 rings (SSSR count). The molecular formula is C39H43FN4O8S2. The van der Waals surface area contributed by atoms with E-state index in [4.69, 9.17) is 4.42 Å². The number of thiophene rings is 2. The molecule has 2 atom stereocenters. The molecule has 1 fully saturated rings. The lowest BCUT2D eigenvalue weighted by atomic mass is 9.79. The summed E-state index contributed by atoms with van der Waals surface area (Å²) in [5.41, 5.74) is 1.51. The van der Waals surface area contributed by atoms with Crippen LogP contribution in [-0.2, 0) is 23.5 Å². The molecule has 54 heavy (non-hydrogen) atoms. The second kappa shape index (κ2) is 16.4. The number of carboxylic acid groups (broad SMARTS) is 1. The van der Waals surface area contributed by atoms with Crippen LogP contribution in [0.1, 0.15) is 70.6 Å². The van der Waals surface area contributed by atoms with Gasteiger partial charge in [0, 0.05) is 37.1 Å². The van der Waals surface area contributed by atoms with Crippen molar-refractivity contribution < 1.29 is 34.3 Å². The third kappa shape index (κ3) is 7.65. The van der Waals surface area contributed by atoms with Crippen molar-refractivity contribution in [2.75, 3.05) is 20.1 Å². The molecule has 1 saturated carbocycles. The van der Waals surface area contributed by atoms with Crippen molar-refractivity contribution in [1.82, 2.24) is 19.8 Å². The number of aliphatic hydroxyl groups is 2. The van der Waals surface area contributed by atoms with Gasteiger partial charge in [0.1, 0.15) is 5.75 Å². The summed E-state index contributed by atoms with van der Waals surface area (Å²) < 4.78 is 7.27. The number of nitrogens with one attached hydrogen (secondary N) is 2. The second-order valence-corrected chi connectivity index (χ2v) is 15.7. The number of aliphatic carboxylic acids is 1. The molecule has 286 valence electrons. The third-order valence-electron chi connectivity index (χ3n) is 10.5. The zero-order chi connectivity index (χ0) is 37.3. The highest BCUT2D eigenvalue weighted by atomic mass is 32.1. The zero-order valence-electron chi connectivity index (χ0n) is 29.6. The number of rotatable bonds is 14. The molecule has 1 aliphatic rings. The molecule has 6 aromatic rings. The topological polar surface area (TPSA) is 181 Å². The average molecular weight is 779 g/mol. The first kappa shape index (κ1) is 39.1. The normalized spacial score (nSPS) is 17.8. The number of carbonyl (C=O) groups is 1. The lowest BCUT2D eigenvalue weighted by Crippen LogP contribution is -2.38. The lowest BCUT2D eigenvalue weighted by molar-refractivity contribution is -0.154. The summed E-state index contributed by atoms with van der Waals surface area (Å²) in [5.74, 6) is -1.55. The minimum atomic E-state index is -2.04. The molecule has 0 bridgehead atoms. The number of pyridine rings is 1. The van der Waals surface area contributed by atoms with E-state index >= 15 is 0 Å². The van der Waals surface area contributed by atoms with Gasteiger partial charge in [-0.15, -0.1) is 22.7 Å². The van der Waals surface area contributed by atoms with Gasteiger partial charge in [0.15, 0.2) is 5.58 Å². The van der Waals surface area contributed by atoms with Crippen LogP contribution < -0.4 is 16.6 Å². The fraction of sp³-hybridized carbons (Fsp3) is 0.359. The molecule has 0 aliphatic heterocycles. The minimum Gasteiger partial charge on any atom is -0.506 e. The summed E-state index contributed by atoms with van der Waals surface area (Å²) in [7, 11) is 2.11. The van der Waals surface area contributed by atoms with E-state index in [1.807, 2.05) is 29.6 Å². The van der Waals surface area contributed by atoms with Gasteiger partial charge < -0.3 is 40.0 Å². The van der Waals surface area contributed by atoms with E-state index in [1.54, 1.807) is 34.2 Å². The minimum absolute atomic E-state index is 0. The number of hydrogen-bond acceptors (Lipinski definition) is 11. The molecule has 0 amide bonds. The summed E-state index contributed by atoms with van der Waals surface area (Å²) in [6.45, 7) is 1.95. The second-order valence-electron chi connectivity index (χ2n) is 13.8. The Kier molecular flexibility index (Phi) is 11.9. The Morgan fingerprint density at radius 3 is 2.61 bits per heavy atom. The molecule has 6 N–H and O–H groups in total. The Bertz CT molecular complexity index is 2340. The number of hydrogen-bond donors (Lipinski definition) is 6. The Labute approximate surface area is 317 Å². The van der Waals surface area contributed by atoms with Crippen molar-refractivity contribution >= 4 is 50.6 Å². The first-order chi connectivity index (χ1) is 25.5. The molecule has 4 heterocycles. The van der Waals surface area contributed by atoms with E-state index in [1.165, 1.54) is 34.8 Å². The van der Waals surface area contributed by atoms with Crippen molar-refractivity contribution in [2.45, 2.75) is 68.9 Å². The van der Waals surface area contributed by atoms with Crippen LogP contribution in [0, 0.1) is 0 Å². The smallest absolute Gasteiger partial charge is 0.419 e. The maximum Gasteiger partial charge on any atom is 0.419 e. The molecule has 15 heteroatoms. The lowest BCUT2D eigenvalue weighted by Gasteiger charge is -2.35. The zero-order valence-corrected chi connectivity index (χ0v) is 31.2. The van der Waals surface area contributed by atoms with Crippen molar-refractivity contribution in [3.8, 4) is 5.75 Å². The van der Waals surface area contributed by atoms with Crippen molar-refractivity contribution in [3.63, 3.8) is 0 Å². The Balaban J connectivity index is 0.00000497. The van der Waals surface area contributed by atoms with Gasteiger partial charge in [-0.1, -0.05) is 18.2 Å². The highest BCUT2D eigenvalue weighted by Crippen LogP contribution is 2.44. The molecule has 4 aromatic heterocycles. The van der Waals surface area contributed by atoms with Crippen molar-refractivity contribution in [1.29, 1.82) is 0 Å². The van der Waals surface area contributed by atoms with Gasteiger partial charge in [-0.3, -0.25) is 14.1 Å². The number of aromatic amines is 1. The summed E-state index contributed by atoms with van der Waals surface area (Å²) in [5, 5.41) is 50.0. The number of carboxylic acids is 1. The first-order valence-electron chi connectivity index (χ1n) is 17.7. The number of phenolic OH excluding ortho intramolecular Hbond substituents is 1. The molecule has 1 aliphatic carbocycles. The van der Waals surface area contributed by atoms with Crippen molar-refractivity contribution in [2.24, 2.45) is 0 Å². The standard InChI is InChI=1S/C39H42N4O8S2.FH/c1-42(25-8-6-24(7-9-25)26-15-19-53-36(26)39(50,37(47)48)33-4-2-18-52-33)16-3-17-43-29-12-5-23(20-32(29)51-38(43)49)21-40-22-31(45)27-10-13-30(44)35-28(27)11-14-34(46)41-35;/h2,4-5,10-15,18-20,24-25,31,40,44-45,50H,3,6-9,16-17,21-22H2,1H3,(H,41,46)(H,47,48);1H/t24?,25?,31-,39?;/m0./s1. The number of aliphatic hydroxyl groups excluding tert-OH is 1. The fourth-order valence-corrected chi connectivity index (χ4v) is 9.64. The van der Waals surface area contributed by atoms with E-state index < -0.39 is 23.4 Å². The number of halogens is 1. The van der Waals surface area contributed by atoms with Crippen molar-refractivity contribution in [3.05, 3.63) is 119 Å². The Hall–Kier alpha value is -4.64. The van der Waals surface area contributed by atoms with Crippen LogP contribution in [0.15, 0.2) is 85.4 Å². The number of oxazole rings is 1. The van der Waals surface area contributed by atoms with Crippen LogP contribution in [-0.4, -0.2) is 67.0 Å². The van der Waals surface area contributed by atoms with E-state index in [-0.39, 0.29) is 34.0 Å². The van der Waals surface area contributed by atoms with Gasteiger partial charge in [0.25, 0.3) is 0 Å². The van der Waals surface area contributed by atoms with Gasteiger partial charge >= 0.3 is 11.7 Å². The molecule has 0 radical (unpaired) electrons. The third-order valence-corrected chi connectivity index (χ3v) is 12.5. The largest absolute Gasteiger partial charge is 0.506 e. The number of aryl methyl sites for hydroxylation is 1. The summed E-state index contributed by atoms with van der Waals surface area (Å²) >= 11 is 2.55. The summed E-state index contributed by atoms with van der Waals surface area (Å²) in [4.78, 5) is 42.8. The summed E-state index contributed by atoms with van der Waals surface area (Å²) in [6.07, 6.45) is 3.57. The van der Waals surface area contributed by atoms with Gasteiger partial charge in [0.05, 0.1) is 26.9 Å². The van der Waals surface area contributed by atoms with Crippen LogP contribution in [0.2, 0.25) is 0 Å². The number of aromatic nitrogens is 2. The maximum absolute atomic E-state index is 12.8. The number of H-pyrrole nitrogens is 1. The average Bonchev–Trinajstić information content (AvgIpc) is 3.93. The monoisotopic (exact) mass is 778 g/mol. The van der Waals surface area contributed by atoms with Gasteiger partial charge in [-0.25, -0.2) is 9.59 Å². The predicted octanol–water partition coefficient (Wildman–Crippen LogP) is 5.61. The molecular weight excluding hydrogens is 736 g/mol. The van der Waals surface area contributed by atoms with Gasteiger partial charge in [-0.05, 0) is 115 Å². The quantitative estimate of drug-likeness (QED) is 0.0814. The number of nitrogens with zero attached hydrogens (tertiary/aromatic N) is 2. The van der Waals surface area contributed by atoms with E-state index in [2.05, 4.69) is 22.2 Å². The van der Waals surface area contributed by atoms with Crippen LogP contribution in [0.4, 0.5) is 4.70 Å². The highest BCUT2D eigenvalue weighted by Gasteiger charge is 2.45.